The topological polar surface area (TPSA) is 74.6 Å². The molecule has 0 saturated carbocycles. The van der Waals surface area contributed by atoms with Gasteiger partial charge >= 0.3 is 0 Å². The Morgan fingerprint density at radius 2 is 2.25 bits per heavy atom. The summed E-state index contributed by atoms with van der Waals surface area (Å²) < 4.78 is 118. The maximum atomic E-state index is 14.6. The van der Waals surface area contributed by atoms with Crippen molar-refractivity contribution in [3.8, 4) is 5.75 Å². The number of carbonyl (C=O) groups is 1. The number of aryl methyl sites for hydroxylation is 1. The fraction of sp³-hybridized carbons (Fsp3) is 0.524. The molecule has 1 aromatic heterocycles. The average molecular weight is 403 g/mol. The lowest BCUT2D eigenvalue weighted by Gasteiger charge is -2.30. The third-order valence-corrected chi connectivity index (χ3v) is 4.55. The molecule has 0 unspecified atom stereocenters. The third-order valence-electron chi connectivity index (χ3n) is 4.55. The molecule has 152 valence electrons. The van der Waals surface area contributed by atoms with Gasteiger partial charge in [-0.1, -0.05) is 6.92 Å². The number of piperidine rings is 1. The highest BCUT2D eigenvalue weighted by atomic mass is 19.1. The zero-order valence-corrected chi connectivity index (χ0v) is 15.1. The van der Waals surface area contributed by atoms with E-state index in [-0.39, 0.29) is 17.7 Å². The van der Waals surface area contributed by atoms with Crippen molar-refractivity contribution < 1.29 is 32.2 Å². The molecule has 1 amide bonds. The molecule has 3 rings (SSSR count). The molecule has 0 atom stereocenters. The van der Waals surface area contributed by atoms with Crippen molar-refractivity contribution in [3.63, 3.8) is 0 Å². The Labute approximate surface area is 182 Å². The number of nitrogens with zero attached hydrogens (tertiary/aromatic N) is 2. The predicted molar refractivity (Wildman–Crippen MR) is 107 cm³/mol. The second kappa shape index (κ2) is 8.73. The lowest BCUT2D eigenvalue weighted by Crippen LogP contribution is -2.37. The minimum absolute atomic E-state index is 0.268. The van der Waals surface area contributed by atoms with Crippen molar-refractivity contribution in [2.45, 2.75) is 39.5 Å². The average Bonchev–Trinajstić information content (AvgIpc) is 2.84. The van der Waals surface area contributed by atoms with Crippen LogP contribution >= 0.6 is 0 Å². The number of hydrogen-bond donors (Lipinski definition) is 2. The van der Waals surface area contributed by atoms with Gasteiger partial charge in [0, 0.05) is 30.7 Å². The van der Waals surface area contributed by atoms with Gasteiger partial charge in [0.15, 0.2) is 1.41 Å². The molecule has 1 saturated heterocycles. The number of amides is 1. The Bertz CT molecular complexity index is 1440. The van der Waals surface area contributed by atoms with Crippen LogP contribution in [0.2, 0.25) is 1.41 Å². The van der Waals surface area contributed by atoms with Gasteiger partial charge in [0.1, 0.15) is 17.1 Å². The van der Waals surface area contributed by atoms with Gasteiger partial charge < -0.3 is 19.9 Å². The van der Waals surface area contributed by atoms with Crippen molar-refractivity contribution in [1.29, 1.82) is 0 Å². The van der Waals surface area contributed by atoms with Crippen LogP contribution in [-0.2, 0) is 6.50 Å². The molecule has 0 radical (unpaired) electrons. The van der Waals surface area contributed by atoms with E-state index in [9.17, 15) is 19.1 Å². The highest BCUT2D eigenvalue weighted by Gasteiger charge is 2.22. The van der Waals surface area contributed by atoms with Gasteiger partial charge in [-0.05, 0) is 69.7 Å². The normalized spacial score (nSPS) is 24.6. The molecule has 2 N–H and O–H groups in total. The van der Waals surface area contributed by atoms with E-state index in [0.717, 1.165) is 0 Å². The zero-order chi connectivity index (χ0) is 31.6. The van der Waals surface area contributed by atoms with E-state index in [2.05, 4.69) is 0 Å². The van der Waals surface area contributed by atoms with Crippen molar-refractivity contribution in [2.24, 2.45) is 5.92 Å². The van der Waals surface area contributed by atoms with E-state index in [4.69, 9.17) is 17.9 Å². The Balaban J connectivity index is 2.25. The molecule has 2 aromatic rings. The Hall–Kier alpha value is -2.41. The van der Waals surface area contributed by atoms with E-state index in [1.165, 1.54) is 4.90 Å². The first kappa shape index (κ1) is 9.39. The minimum atomic E-state index is -3.79. The smallest absolute Gasteiger partial charge is 0.267 e. The van der Waals surface area contributed by atoms with Crippen molar-refractivity contribution in [3.05, 3.63) is 39.9 Å². The molecule has 1 aromatic carbocycles. The summed E-state index contributed by atoms with van der Waals surface area (Å²) in [5, 5.41) is 9.28. The van der Waals surface area contributed by atoms with E-state index in [1.54, 1.807) is 0 Å². The van der Waals surface area contributed by atoms with Crippen LogP contribution in [0.5, 0.6) is 5.75 Å². The van der Waals surface area contributed by atoms with Crippen molar-refractivity contribution in [1.82, 2.24) is 14.8 Å². The van der Waals surface area contributed by atoms with Crippen LogP contribution in [0.4, 0.5) is 4.39 Å². The van der Waals surface area contributed by atoms with Gasteiger partial charge in [0.05, 0.1) is 9.63 Å². The van der Waals surface area contributed by atoms with E-state index in [0.29, 0.717) is 18.8 Å². The van der Waals surface area contributed by atoms with Crippen molar-refractivity contribution in [2.75, 3.05) is 26.1 Å². The lowest BCUT2D eigenvalue weighted by atomic mass is 9.99. The number of benzene rings is 1. The molecule has 1 aliphatic rings. The Morgan fingerprint density at radius 3 is 2.96 bits per heavy atom. The van der Waals surface area contributed by atoms with Crippen molar-refractivity contribution >= 4 is 16.8 Å². The molecular weight excluding hydrogens is 361 g/mol. The molecule has 0 spiro atoms. The summed E-state index contributed by atoms with van der Waals surface area (Å²) in [5.41, 5.74) is -4.82. The summed E-state index contributed by atoms with van der Waals surface area (Å²) in [5.74, 6) is -4.92. The lowest BCUT2D eigenvalue weighted by molar-refractivity contribution is 0.0946. The third kappa shape index (κ3) is 4.19. The van der Waals surface area contributed by atoms with Gasteiger partial charge in [-0.25, -0.2) is 4.39 Å². The summed E-state index contributed by atoms with van der Waals surface area (Å²) in [7, 11) is 0. The number of likely N-dealkylation sites (tertiary alicyclic amines) is 1. The maximum Gasteiger partial charge on any atom is 0.267 e. The minimum Gasteiger partial charge on any atom is -0.506 e. The number of halogens is 1. The van der Waals surface area contributed by atoms with Crippen LogP contribution < -0.4 is 10.9 Å². The number of nitrogens with one attached hydrogen (secondary N) is 1. The fourth-order valence-electron chi connectivity index (χ4n) is 2.93. The van der Waals surface area contributed by atoms with E-state index < -0.39 is 95.7 Å². The standard InChI is InChI=1S/C21H28FN3O3/c1-3-25-17-13-15(22)5-6-16(17)19(26)18(21(25)28)20(27)23-9-4-10-24-11-7-14(2)8-12-24/h5-6,13-14,26H,3-4,7-12H2,1-2H3,(H,23,27)/i1D3,3D2,5D,6D,9D2,10D2,13D/hD. The first-order valence-electron chi connectivity index (χ1n) is 15.1. The molecule has 1 aliphatic heterocycles. The van der Waals surface area contributed by atoms with Gasteiger partial charge in [-0.15, -0.1) is 0 Å². The van der Waals surface area contributed by atoms with Crippen LogP contribution in [-0.4, -0.2) is 46.6 Å². The Morgan fingerprint density at radius 1 is 1.50 bits per heavy atom. The highest BCUT2D eigenvalue weighted by molar-refractivity contribution is 6.02. The van der Waals surface area contributed by atoms with E-state index >= 15 is 0 Å². The maximum absolute atomic E-state index is 14.6. The number of pyridine rings is 1. The highest BCUT2D eigenvalue weighted by Crippen LogP contribution is 2.27. The number of hydrogen-bond acceptors (Lipinski definition) is 4. The van der Waals surface area contributed by atoms with Crippen LogP contribution in [0.1, 0.15) is 59.8 Å². The monoisotopic (exact) mass is 402 g/mol. The predicted octanol–water partition coefficient (Wildman–Crippen LogP) is 2.72. The van der Waals surface area contributed by atoms with Gasteiger partial charge in [0.25, 0.3) is 11.5 Å². The number of aromatic nitrogens is 1. The number of fused-ring (bicyclic) bond motifs is 1. The molecule has 0 aliphatic carbocycles. The number of rotatable bonds is 6. The second-order valence-electron chi connectivity index (χ2n) is 6.47. The molecular formula is C21H28FN3O3. The van der Waals surface area contributed by atoms with Gasteiger partial charge in [-0.2, -0.15) is 0 Å². The zero-order valence-electron chi connectivity index (χ0n) is 28.1. The van der Waals surface area contributed by atoms with Crippen LogP contribution in [0.25, 0.3) is 10.9 Å². The molecule has 7 heteroatoms. The fourth-order valence-corrected chi connectivity index (χ4v) is 2.93. The van der Waals surface area contributed by atoms with Crippen LogP contribution in [0, 0.1) is 11.7 Å². The Kier molecular flexibility index (Phi) is 2.93. The number of aromatic hydroxyl groups is 1. The molecule has 6 nitrogen and oxygen atoms in total. The van der Waals surface area contributed by atoms with Crippen LogP contribution in [0.3, 0.4) is 0 Å². The first-order chi connectivity index (χ1) is 18.5. The van der Waals surface area contributed by atoms with Crippen LogP contribution in [0.15, 0.2) is 22.9 Å². The second-order valence-corrected chi connectivity index (χ2v) is 6.47. The first-order valence-corrected chi connectivity index (χ1v) is 8.65. The molecule has 1 fully saturated rings. The van der Waals surface area contributed by atoms with E-state index in [1.807, 2.05) is 6.92 Å². The summed E-state index contributed by atoms with van der Waals surface area (Å²) in [6.45, 7) is -10.5. The molecule has 2 heterocycles. The van der Waals surface area contributed by atoms with Gasteiger partial charge in [-0.3, -0.25) is 9.59 Å². The number of carbonyl (C=O) groups excluding carboxylic acids is 1. The summed E-state index contributed by atoms with van der Waals surface area (Å²) in [6, 6.07) is -3.98. The summed E-state index contributed by atoms with van der Waals surface area (Å²) in [6.07, 6.45) is 0.146. The summed E-state index contributed by atoms with van der Waals surface area (Å²) in [4.78, 5) is 28.1. The molecule has 0 bridgehead atoms. The summed E-state index contributed by atoms with van der Waals surface area (Å²) >= 11 is 0. The SMILES string of the molecule is [2H]c1c(F)c([2H])c2c(c1[2H])c(O)c(C(=O)N([2H])C([2H])([2H])CC([2H])([2H])N1CCC(C)CC1)c(=O)n2C([2H])([2H])C([2H])([2H])[2H]. The van der Waals surface area contributed by atoms with Gasteiger partial charge in [0.2, 0.25) is 0 Å². The largest absolute Gasteiger partial charge is 0.506 e. The molecule has 28 heavy (non-hydrogen) atoms. The quantitative estimate of drug-likeness (QED) is 0.779.